The summed E-state index contributed by atoms with van der Waals surface area (Å²) in [5.74, 6) is 2.62. The van der Waals surface area contributed by atoms with Crippen molar-refractivity contribution in [2.24, 2.45) is 16.8 Å². The van der Waals surface area contributed by atoms with Gasteiger partial charge in [0.25, 0.3) is 0 Å². The summed E-state index contributed by atoms with van der Waals surface area (Å²) in [6.07, 6.45) is 5.43. The predicted molar refractivity (Wildman–Crippen MR) is 120 cm³/mol. The number of hydrogen-bond acceptors (Lipinski definition) is 3. The van der Waals surface area contributed by atoms with Crippen LogP contribution in [0.1, 0.15) is 38.2 Å². The zero-order chi connectivity index (χ0) is 18.6. The minimum Gasteiger partial charge on any atom is -0.357 e. The number of guanidine groups is 1. The number of nitrogens with one attached hydrogen (secondary N) is 2. The lowest BCUT2D eigenvalue weighted by Gasteiger charge is -2.22. The second-order valence-corrected chi connectivity index (χ2v) is 9.12. The number of hydrogen-bond donors (Lipinski definition) is 2. The number of likely N-dealkylation sites (tertiary alicyclic amines) is 1. The molecule has 0 amide bonds. The Morgan fingerprint density at radius 3 is 2.26 bits per heavy atom. The molecule has 3 rings (SSSR count). The minimum absolute atomic E-state index is 0. The third-order valence-corrected chi connectivity index (χ3v) is 6.95. The third kappa shape index (κ3) is 5.57. The average Bonchev–Trinajstić information content (AvgIpc) is 3.09. The molecule has 2 N–H and O–H groups in total. The maximum absolute atomic E-state index is 11.8. The molecule has 1 aliphatic heterocycles. The summed E-state index contributed by atoms with van der Waals surface area (Å²) in [5.41, 5.74) is 1.01. The van der Waals surface area contributed by atoms with Crippen molar-refractivity contribution < 1.29 is 8.42 Å². The van der Waals surface area contributed by atoms with Gasteiger partial charge in [-0.1, -0.05) is 25.0 Å². The van der Waals surface area contributed by atoms with Crippen LogP contribution in [-0.4, -0.2) is 46.0 Å². The van der Waals surface area contributed by atoms with Crippen LogP contribution in [-0.2, 0) is 16.6 Å². The Balaban J connectivity index is 0.00000261. The highest BCUT2D eigenvalue weighted by Gasteiger charge is 2.35. The van der Waals surface area contributed by atoms with E-state index in [2.05, 4.69) is 21.9 Å². The zero-order valence-corrected chi connectivity index (χ0v) is 19.3. The summed E-state index contributed by atoms with van der Waals surface area (Å²) >= 11 is 0. The van der Waals surface area contributed by atoms with Crippen LogP contribution in [0.4, 0.5) is 0 Å². The van der Waals surface area contributed by atoms with E-state index < -0.39 is 10.0 Å². The molecule has 1 aromatic carbocycles. The maximum atomic E-state index is 11.8. The molecule has 2 unspecified atom stereocenters. The van der Waals surface area contributed by atoms with Gasteiger partial charge in [-0.2, -0.15) is 0 Å². The SMILES string of the molecule is CCNC(=NCc1ccc(S(=O)(=O)NC)cc1)N1CC2CCCCC2C1.I. The Morgan fingerprint density at radius 1 is 1.15 bits per heavy atom. The Bertz CT molecular complexity index is 723. The minimum atomic E-state index is -3.39. The quantitative estimate of drug-likeness (QED) is 0.366. The molecule has 2 atom stereocenters. The van der Waals surface area contributed by atoms with Crippen molar-refractivity contribution in [2.45, 2.75) is 44.0 Å². The highest BCUT2D eigenvalue weighted by molar-refractivity contribution is 14.0. The number of aliphatic imine (C=N–C) groups is 1. The molecule has 2 fully saturated rings. The standard InChI is InChI=1S/C19H30N4O2S.HI/c1-3-21-19(23-13-16-6-4-5-7-17(16)14-23)22-12-15-8-10-18(11-9-15)26(24,25)20-2;/h8-11,16-17,20H,3-7,12-14H2,1-2H3,(H,21,22);1H. The van der Waals surface area contributed by atoms with Crippen molar-refractivity contribution in [3.05, 3.63) is 29.8 Å². The van der Waals surface area contributed by atoms with Gasteiger partial charge < -0.3 is 10.2 Å². The zero-order valence-electron chi connectivity index (χ0n) is 16.1. The predicted octanol–water partition coefficient (Wildman–Crippen LogP) is 2.80. The van der Waals surface area contributed by atoms with Crippen molar-refractivity contribution in [1.82, 2.24) is 14.9 Å². The van der Waals surface area contributed by atoms with Crippen LogP contribution in [0.5, 0.6) is 0 Å². The largest absolute Gasteiger partial charge is 0.357 e. The molecule has 0 bridgehead atoms. The van der Waals surface area contributed by atoms with Gasteiger partial charge in [-0.25, -0.2) is 18.1 Å². The number of nitrogens with zero attached hydrogens (tertiary/aromatic N) is 2. The van der Waals surface area contributed by atoms with E-state index in [1.807, 2.05) is 12.1 Å². The first kappa shape index (κ1) is 22.4. The first-order valence-corrected chi connectivity index (χ1v) is 11.1. The smallest absolute Gasteiger partial charge is 0.240 e. The molecule has 1 aliphatic carbocycles. The molecule has 1 saturated heterocycles. The van der Waals surface area contributed by atoms with E-state index in [0.29, 0.717) is 6.54 Å². The molecule has 1 saturated carbocycles. The molecule has 8 heteroatoms. The van der Waals surface area contributed by atoms with E-state index in [9.17, 15) is 8.42 Å². The van der Waals surface area contributed by atoms with E-state index in [0.717, 1.165) is 43.0 Å². The average molecular weight is 506 g/mol. The normalized spacial score (nSPS) is 22.9. The first-order chi connectivity index (χ1) is 12.5. The van der Waals surface area contributed by atoms with Crippen LogP contribution >= 0.6 is 24.0 Å². The van der Waals surface area contributed by atoms with E-state index in [1.165, 1.54) is 32.7 Å². The van der Waals surface area contributed by atoms with Gasteiger partial charge >= 0.3 is 0 Å². The van der Waals surface area contributed by atoms with Gasteiger partial charge in [-0.05, 0) is 56.3 Å². The van der Waals surface area contributed by atoms with Gasteiger partial charge in [0.1, 0.15) is 0 Å². The van der Waals surface area contributed by atoms with Crippen LogP contribution in [0.15, 0.2) is 34.2 Å². The number of rotatable bonds is 5. The molecule has 6 nitrogen and oxygen atoms in total. The molecule has 0 aromatic heterocycles. The number of halogens is 1. The van der Waals surface area contributed by atoms with Gasteiger partial charge in [0.2, 0.25) is 10.0 Å². The molecule has 1 aromatic rings. The fourth-order valence-corrected chi connectivity index (χ4v) is 4.79. The van der Waals surface area contributed by atoms with Gasteiger partial charge in [0, 0.05) is 19.6 Å². The van der Waals surface area contributed by atoms with E-state index in [-0.39, 0.29) is 28.9 Å². The monoisotopic (exact) mass is 506 g/mol. The van der Waals surface area contributed by atoms with Crippen molar-refractivity contribution >= 4 is 40.0 Å². The fraction of sp³-hybridized carbons (Fsp3) is 0.632. The Morgan fingerprint density at radius 2 is 1.74 bits per heavy atom. The summed E-state index contributed by atoms with van der Waals surface area (Å²) in [6, 6.07) is 6.93. The van der Waals surface area contributed by atoms with Crippen LogP contribution < -0.4 is 10.0 Å². The number of sulfonamides is 1. The third-order valence-electron chi connectivity index (χ3n) is 5.52. The number of fused-ring (bicyclic) bond motifs is 1. The van der Waals surface area contributed by atoms with Crippen LogP contribution in [0, 0.1) is 11.8 Å². The Kier molecular flexibility index (Phi) is 8.36. The fourth-order valence-electron chi connectivity index (χ4n) is 4.06. The summed E-state index contributed by atoms with van der Waals surface area (Å²) < 4.78 is 25.9. The van der Waals surface area contributed by atoms with Gasteiger partial charge in [0.05, 0.1) is 11.4 Å². The highest BCUT2D eigenvalue weighted by atomic mass is 127. The second kappa shape index (κ2) is 10.1. The second-order valence-electron chi connectivity index (χ2n) is 7.23. The number of benzene rings is 1. The molecular weight excluding hydrogens is 475 g/mol. The van der Waals surface area contributed by atoms with E-state index >= 15 is 0 Å². The van der Waals surface area contributed by atoms with Crippen molar-refractivity contribution in [3.8, 4) is 0 Å². The molecule has 0 spiro atoms. The van der Waals surface area contributed by atoms with E-state index in [4.69, 9.17) is 4.99 Å². The Hall–Kier alpha value is -0.870. The Labute approximate surface area is 180 Å². The molecular formula is C19H31IN4O2S. The molecule has 0 radical (unpaired) electrons. The molecule has 2 aliphatic rings. The molecule has 1 heterocycles. The maximum Gasteiger partial charge on any atom is 0.240 e. The van der Waals surface area contributed by atoms with Gasteiger partial charge in [-0.15, -0.1) is 24.0 Å². The van der Waals surface area contributed by atoms with Gasteiger partial charge in [-0.3, -0.25) is 0 Å². The topological polar surface area (TPSA) is 73.8 Å². The van der Waals surface area contributed by atoms with Crippen molar-refractivity contribution in [2.75, 3.05) is 26.7 Å². The van der Waals surface area contributed by atoms with Crippen molar-refractivity contribution in [1.29, 1.82) is 0 Å². The summed E-state index contributed by atoms with van der Waals surface area (Å²) in [5, 5.41) is 3.42. The molecule has 152 valence electrons. The lowest BCUT2D eigenvalue weighted by Crippen LogP contribution is -2.40. The highest BCUT2D eigenvalue weighted by Crippen LogP contribution is 2.36. The first-order valence-electron chi connectivity index (χ1n) is 9.59. The van der Waals surface area contributed by atoms with Crippen LogP contribution in [0.2, 0.25) is 0 Å². The van der Waals surface area contributed by atoms with Crippen molar-refractivity contribution in [3.63, 3.8) is 0 Å². The summed E-state index contributed by atoms with van der Waals surface area (Å²) in [6.45, 7) is 5.71. The van der Waals surface area contributed by atoms with Gasteiger partial charge in [0.15, 0.2) is 5.96 Å². The van der Waals surface area contributed by atoms with Crippen LogP contribution in [0.25, 0.3) is 0 Å². The summed E-state index contributed by atoms with van der Waals surface area (Å²) in [4.78, 5) is 7.49. The summed E-state index contributed by atoms with van der Waals surface area (Å²) in [7, 11) is -1.97. The lowest BCUT2D eigenvalue weighted by molar-refractivity contribution is 0.299. The van der Waals surface area contributed by atoms with Crippen LogP contribution in [0.3, 0.4) is 0 Å². The van der Waals surface area contributed by atoms with E-state index in [1.54, 1.807) is 12.1 Å². The molecule has 27 heavy (non-hydrogen) atoms. The lowest BCUT2D eigenvalue weighted by atomic mass is 9.82.